The fourth-order valence-corrected chi connectivity index (χ4v) is 4.18. The van der Waals surface area contributed by atoms with Gasteiger partial charge in [0.25, 0.3) is 0 Å². The van der Waals surface area contributed by atoms with E-state index in [1.807, 2.05) is 0 Å². The van der Waals surface area contributed by atoms with Crippen molar-refractivity contribution in [2.45, 2.75) is 37.7 Å². The molecule has 0 radical (unpaired) electrons. The van der Waals surface area contributed by atoms with E-state index in [0.29, 0.717) is 5.56 Å². The number of allylic oxidation sites excluding steroid dienone is 1. The molecule has 1 amide bonds. The lowest BCUT2D eigenvalue weighted by molar-refractivity contribution is -0.114. The average Bonchev–Trinajstić information content (AvgIpc) is 2.60. The van der Waals surface area contributed by atoms with Crippen LogP contribution in [0.25, 0.3) is 0 Å². The number of carbonyl (C=O) groups is 2. The summed E-state index contributed by atoms with van der Waals surface area (Å²) in [5, 5.41) is 0. The van der Waals surface area contributed by atoms with Crippen molar-refractivity contribution in [3.63, 3.8) is 0 Å². The van der Waals surface area contributed by atoms with Gasteiger partial charge in [0, 0.05) is 32.6 Å². The standard InChI is InChI=1S/C19H25FN2O5S/c1-5-15(23)12-14-6-7-17(16(20)13-14)28(25,26)22-10-8-21(9-11-22)18(24)27-19(2,3)4/h5-7,13H,1,8-12H2,2-4H3. The van der Waals surface area contributed by atoms with Crippen LogP contribution < -0.4 is 0 Å². The van der Waals surface area contributed by atoms with E-state index in [1.54, 1.807) is 20.8 Å². The van der Waals surface area contributed by atoms with E-state index in [4.69, 9.17) is 4.74 Å². The Morgan fingerprint density at radius 1 is 1.21 bits per heavy atom. The van der Waals surface area contributed by atoms with E-state index in [9.17, 15) is 22.4 Å². The van der Waals surface area contributed by atoms with Crippen LogP contribution in [0.1, 0.15) is 26.3 Å². The summed E-state index contributed by atoms with van der Waals surface area (Å²) in [6.07, 6.45) is 0.578. The van der Waals surface area contributed by atoms with Gasteiger partial charge in [0.15, 0.2) is 5.78 Å². The number of carbonyl (C=O) groups excluding carboxylic acids is 2. The van der Waals surface area contributed by atoms with Crippen molar-refractivity contribution in [3.05, 3.63) is 42.2 Å². The van der Waals surface area contributed by atoms with Gasteiger partial charge in [0.1, 0.15) is 16.3 Å². The molecule has 28 heavy (non-hydrogen) atoms. The van der Waals surface area contributed by atoms with Gasteiger partial charge in [-0.3, -0.25) is 4.79 Å². The molecule has 0 atom stereocenters. The van der Waals surface area contributed by atoms with Gasteiger partial charge < -0.3 is 9.64 Å². The number of benzene rings is 1. The third-order valence-corrected chi connectivity index (χ3v) is 6.04. The van der Waals surface area contributed by atoms with Crippen molar-refractivity contribution < 1.29 is 27.1 Å². The predicted octanol–water partition coefficient (Wildman–Crippen LogP) is 2.36. The van der Waals surface area contributed by atoms with Crippen LogP contribution >= 0.6 is 0 Å². The molecule has 1 saturated heterocycles. The third kappa shape index (κ3) is 5.39. The largest absolute Gasteiger partial charge is 0.444 e. The van der Waals surface area contributed by atoms with Crippen LogP contribution in [0.2, 0.25) is 0 Å². The quantitative estimate of drug-likeness (QED) is 0.694. The van der Waals surface area contributed by atoms with Crippen molar-refractivity contribution in [2.75, 3.05) is 26.2 Å². The highest BCUT2D eigenvalue weighted by molar-refractivity contribution is 7.89. The zero-order valence-electron chi connectivity index (χ0n) is 16.3. The molecule has 0 aliphatic carbocycles. The summed E-state index contributed by atoms with van der Waals surface area (Å²) >= 11 is 0. The van der Waals surface area contributed by atoms with Gasteiger partial charge in [-0.2, -0.15) is 4.31 Å². The Labute approximate surface area is 164 Å². The molecule has 1 heterocycles. The summed E-state index contributed by atoms with van der Waals surface area (Å²) in [6.45, 7) is 8.99. The number of halogens is 1. The third-order valence-electron chi connectivity index (χ3n) is 4.11. The minimum atomic E-state index is -4.05. The van der Waals surface area contributed by atoms with Crippen LogP contribution in [0.4, 0.5) is 9.18 Å². The highest BCUT2D eigenvalue weighted by Gasteiger charge is 2.33. The molecule has 0 spiro atoms. The Kier molecular flexibility index (Phi) is 6.61. The number of hydrogen-bond donors (Lipinski definition) is 0. The smallest absolute Gasteiger partial charge is 0.410 e. The maximum Gasteiger partial charge on any atom is 0.410 e. The summed E-state index contributed by atoms with van der Waals surface area (Å²) in [5.41, 5.74) is -0.269. The van der Waals surface area contributed by atoms with Gasteiger partial charge in [0.2, 0.25) is 10.0 Å². The molecule has 0 saturated carbocycles. The van der Waals surface area contributed by atoms with Gasteiger partial charge in [-0.05, 0) is 44.5 Å². The highest BCUT2D eigenvalue weighted by Crippen LogP contribution is 2.22. The Bertz CT molecular complexity index is 869. The van der Waals surface area contributed by atoms with E-state index in [-0.39, 0.29) is 38.4 Å². The second kappa shape index (κ2) is 8.40. The van der Waals surface area contributed by atoms with Crippen molar-refractivity contribution in [3.8, 4) is 0 Å². The minimum Gasteiger partial charge on any atom is -0.444 e. The number of piperazine rings is 1. The Morgan fingerprint density at radius 2 is 1.82 bits per heavy atom. The molecule has 1 aromatic rings. The SMILES string of the molecule is C=CC(=O)Cc1ccc(S(=O)(=O)N2CCN(C(=O)OC(C)(C)C)CC2)c(F)c1. The second-order valence-corrected chi connectivity index (χ2v) is 9.39. The van der Waals surface area contributed by atoms with Gasteiger partial charge in [-0.25, -0.2) is 17.6 Å². The topological polar surface area (TPSA) is 84.0 Å². The normalized spacial score (nSPS) is 15.9. The maximum absolute atomic E-state index is 14.4. The molecular formula is C19H25FN2O5S. The van der Waals surface area contributed by atoms with Crippen LogP contribution in [0.3, 0.4) is 0 Å². The molecule has 0 aromatic heterocycles. The van der Waals surface area contributed by atoms with E-state index in [1.165, 1.54) is 11.0 Å². The molecule has 1 aliphatic rings. The first-order valence-electron chi connectivity index (χ1n) is 8.86. The molecule has 1 fully saturated rings. The number of sulfonamides is 1. The van der Waals surface area contributed by atoms with Crippen LogP contribution in [0, 0.1) is 5.82 Å². The summed E-state index contributed by atoms with van der Waals surface area (Å²) in [4.78, 5) is 24.4. The maximum atomic E-state index is 14.4. The average molecular weight is 412 g/mol. The van der Waals surface area contributed by atoms with E-state index in [0.717, 1.165) is 22.5 Å². The van der Waals surface area contributed by atoms with Crippen molar-refractivity contribution in [2.24, 2.45) is 0 Å². The number of rotatable bonds is 5. The molecule has 1 aromatic carbocycles. The summed E-state index contributed by atoms with van der Waals surface area (Å²) in [6, 6.07) is 3.62. The zero-order valence-corrected chi connectivity index (χ0v) is 17.1. The second-order valence-electron chi connectivity index (χ2n) is 7.48. The van der Waals surface area contributed by atoms with Crippen LogP contribution in [0.5, 0.6) is 0 Å². The van der Waals surface area contributed by atoms with Gasteiger partial charge in [-0.1, -0.05) is 12.6 Å². The molecule has 1 aliphatic heterocycles. The lowest BCUT2D eigenvalue weighted by Gasteiger charge is -2.35. The molecular weight excluding hydrogens is 387 g/mol. The minimum absolute atomic E-state index is 0.0394. The van der Waals surface area contributed by atoms with Gasteiger partial charge in [0.05, 0.1) is 0 Å². The van der Waals surface area contributed by atoms with E-state index < -0.39 is 32.4 Å². The zero-order chi connectivity index (χ0) is 21.1. The number of nitrogens with zero attached hydrogens (tertiary/aromatic N) is 2. The van der Waals surface area contributed by atoms with Gasteiger partial charge >= 0.3 is 6.09 Å². The first-order chi connectivity index (χ1) is 12.9. The Hall–Kier alpha value is -2.26. The van der Waals surface area contributed by atoms with Crippen LogP contribution in [-0.4, -0.2) is 61.3 Å². The van der Waals surface area contributed by atoms with E-state index in [2.05, 4.69) is 6.58 Å². The Balaban J connectivity index is 2.09. The molecule has 0 bridgehead atoms. The Morgan fingerprint density at radius 3 is 2.32 bits per heavy atom. The highest BCUT2D eigenvalue weighted by atomic mass is 32.2. The first-order valence-corrected chi connectivity index (χ1v) is 10.3. The van der Waals surface area contributed by atoms with E-state index >= 15 is 0 Å². The lowest BCUT2D eigenvalue weighted by atomic mass is 10.1. The fourth-order valence-electron chi connectivity index (χ4n) is 2.71. The molecule has 0 N–H and O–H groups in total. The predicted molar refractivity (Wildman–Crippen MR) is 102 cm³/mol. The van der Waals surface area contributed by atoms with Crippen LogP contribution in [0.15, 0.2) is 35.7 Å². The van der Waals surface area contributed by atoms with Crippen LogP contribution in [-0.2, 0) is 26.0 Å². The van der Waals surface area contributed by atoms with Crippen molar-refractivity contribution in [1.29, 1.82) is 0 Å². The lowest BCUT2D eigenvalue weighted by Crippen LogP contribution is -2.51. The molecule has 154 valence electrons. The molecule has 2 rings (SSSR count). The first kappa shape index (κ1) is 22.0. The molecule has 7 nitrogen and oxygen atoms in total. The number of ether oxygens (including phenoxy) is 1. The molecule has 9 heteroatoms. The molecule has 0 unspecified atom stereocenters. The summed E-state index contributed by atoms with van der Waals surface area (Å²) < 4.78 is 46.4. The number of ketones is 1. The van der Waals surface area contributed by atoms with Crippen molar-refractivity contribution >= 4 is 21.9 Å². The van der Waals surface area contributed by atoms with Crippen molar-refractivity contribution in [1.82, 2.24) is 9.21 Å². The number of hydrogen-bond acceptors (Lipinski definition) is 5. The number of amides is 1. The monoisotopic (exact) mass is 412 g/mol. The summed E-state index contributed by atoms with van der Waals surface area (Å²) in [5.74, 6) is -1.20. The fraction of sp³-hybridized carbons (Fsp3) is 0.474. The van der Waals surface area contributed by atoms with Gasteiger partial charge in [-0.15, -0.1) is 0 Å². The summed E-state index contributed by atoms with van der Waals surface area (Å²) in [7, 11) is -4.05.